The van der Waals surface area contributed by atoms with Crippen LogP contribution in [-0.4, -0.2) is 9.78 Å². The van der Waals surface area contributed by atoms with Crippen molar-refractivity contribution >= 4 is 27.5 Å². The highest BCUT2D eigenvalue weighted by molar-refractivity contribution is 9.10. The van der Waals surface area contributed by atoms with Crippen LogP contribution in [0, 0.1) is 5.82 Å². The van der Waals surface area contributed by atoms with Gasteiger partial charge in [0.25, 0.3) is 0 Å². The van der Waals surface area contributed by atoms with Crippen molar-refractivity contribution in [1.82, 2.24) is 15.2 Å². The Morgan fingerprint density at radius 2 is 2.20 bits per heavy atom. The van der Waals surface area contributed by atoms with Gasteiger partial charge in [-0.15, -0.1) is 0 Å². The van der Waals surface area contributed by atoms with Crippen molar-refractivity contribution < 1.29 is 4.39 Å². The molecule has 4 nitrogen and oxygen atoms in total. The minimum atomic E-state index is -0.496. The molecule has 0 saturated heterocycles. The molecule has 1 atom stereocenters. The average Bonchev–Trinajstić information content (AvgIpc) is 2.80. The van der Waals surface area contributed by atoms with Gasteiger partial charge in [0.05, 0.1) is 16.8 Å². The van der Waals surface area contributed by atoms with Gasteiger partial charge >= 0.3 is 0 Å². The maximum absolute atomic E-state index is 14.3. The van der Waals surface area contributed by atoms with E-state index in [1.54, 1.807) is 16.8 Å². The number of aryl methyl sites for hydroxylation is 2. The molecule has 0 amide bonds. The molecule has 1 unspecified atom stereocenters. The first-order valence-corrected chi connectivity index (χ1v) is 7.28. The van der Waals surface area contributed by atoms with Gasteiger partial charge in [-0.25, -0.2) is 9.82 Å². The lowest BCUT2D eigenvalue weighted by Gasteiger charge is -2.18. The molecule has 0 saturated carbocycles. The lowest BCUT2D eigenvalue weighted by atomic mass is 9.98. The summed E-state index contributed by atoms with van der Waals surface area (Å²) in [5.74, 6) is 5.13. The summed E-state index contributed by atoms with van der Waals surface area (Å²) < 4.78 is 16.5. The van der Waals surface area contributed by atoms with Crippen LogP contribution in [-0.2, 0) is 13.5 Å². The Kier molecular flexibility index (Phi) is 4.80. The highest BCUT2D eigenvalue weighted by atomic mass is 79.9. The highest BCUT2D eigenvalue weighted by Crippen LogP contribution is 2.33. The second-order valence-corrected chi connectivity index (χ2v) is 5.65. The van der Waals surface area contributed by atoms with Crippen molar-refractivity contribution in [1.29, 1.82) is 0 Å². The van der Waals surface area contributed by atoms with Crippen molar-refractivity contribution in [3.05, 3.63) is 50.5 Å². The summed E-state index contributed by atoms with van der Waals surface area (Å²) in [5.41, 5.74) is 4.75. The normalized spacial score (nSPS) is 12.7. The molecule has 1 heterocycles. The summed E-state index contributed by atoms with van der Waals surface area (Å²) in [6.45, 7) is 1.99. The van der Waals surface area contributed by atoms with Crippen LogP contribution in [0.4, 0.5) is 4.39 Å². The van der Waals surface area contributed by atoms with Gasteiger partial charge in [0.1, 0.15) is 5.82 Å². The van der Waals surface area contributed by atoms with Crippen molar-refractivity contribution in [2.24, 2.45) is 12.9 Å². The second kappa shape index (κ2) is 6.22. The Balaban J connectivity index is 2.55. The number of nitrogens with two attached hydrogens (primary N) is 1. The molecule has 1 aromatic carbocycles. The first-order valence-electron chi connectivity index (χ1n) is 6.11. The molecule has 0 spiro atoms. The van der Waals surface area contributed by atoms with Gasteiger partial charge in [-0.1, -0.05) is 24.6 Å². The third-order valence-corrected chi connectivity index (χ3v) is 4.38. The van der Waals surface area contributed by atoms with E-state index in [1.165, 1.54) is 0 Å². The van der Waals surface area contributed by atoms with Gasteiger partial charge in [-0.2, -0.15) is 5.10 Å². The Morgan fingerprint density at radius 1 is 1.50 bits per heavy atom. The zero-order chi connectivity index (χ0) is 14.9. The third-order valence-electron chi connectivity index (χ3n) is 3.13. The van der Waals surface area contributed by atoms with Crippen molar-refractivity contribution in [2.45, 2.75) is 19.4 Å². The fraction of sp³-hybridized carbons (Fsp3) is 0.308. The summed E-state index contributed by atoms with van der Waals surface area (Å²) >= 11 is 9.14. The number of aromatic nitrogens is 2. The molecule has 0 radical (unpaired) electrons. The Morgan fingerprint density at radius 3 is 2.80 bits per heavy atom. The van der Waals surface area contributed by atoms with E-state index < -0.39 is 11.9 Å². The standard InChI is InChI=1S/C13H15BrClFN4/c1-3-10-8(6-20(2)19-10)13(18-17)7-4-5-9(14)11(15)12(7)16/h4-6,13,18H,3,17H2,1-2H3. The number of hydrazine groups is 1. The Labute approximate surface area is 130 Å². The number of nitrogens with one attached hydrogen (secondary N) is 1. The molecule has 0 aliphatic carbocycles. The molecule has 1 aromatic heterocycles. The predicted octanol–water partition coefficient (Wildman–Crippen LogP) is 3.09. The molecule has 0 fully saturated rings. The van der Waals surface area contributed by atoms with Crippen LogP contribution in [0.15, 0.2) is 22.8 Å². The maximum Gasteiger partial charge on any atom is 0.148 e. The second-order valence-electron chi connectivity index (χ2n) is 4.42. The fourth-order valence-corrected chi connectivity index (χ4v) is 2.66. The number of hydrogen-bond donors (Lipinski definition) is 2. The van der Waals surface area contributed by atoms with Crippen molar-refractivity contribution in [2.75, 3.05) is 0 Å². The first kappa shape index (κ1) is 15.4. The summed E-state index contributed by atoms with van der Waals surface area (Å²) in [5, 5.41) is 4.40. The molecule has 0 aliphatic rings. The van der Waals surface area contributed by atoms with E-state index in [-0.39, 0.29) is 5.02 Å². The van der Waals surface area contributed by atoms with Gasteiger partial charge < -0.3 is 0 Å². The smallest absolute Gasteiger partial charge is 0.148 e. The average molecular weight is 362 g/mol. The molecular formula is C13H15BrClFN4. The van der Waals surface area contributed by atoms with Crippen molar-refractivity contribution in [3.63, 3.8) is 0 Å². The monoisotopic (exact) mass is 360 g/mol. The first-order chi connectivity index (χ1) is 9.49. The molecule has 0 aliphatic heterocycles. The van der Waals surface area contributed by atoms with Gasteiger partial charge in [-0.3, -0.25) is 10.5 Å². The lowest BCUT2D eigenvalue weighted by molar-refractivity contribution is 0.557. The zero-order valence-electron chi connectivity index (χ0n) is 11.1. The van der Waals surface area contributed by atoms with Crippen LogP contribution in [0.5, 0.6) is 0 Å². The van der Waals surface area contributed by atoms with E-state index in [2.05, 4.69) is 26.5 Å². The third kappa shape index (κ3) is 2.74. The predicted molar refractivity (Wildman–Crippen MR) is 80.9 cm³/mol. The van der Waals surface area contributed by atoms with E-state index in [4.69, 9.17) is 17.4 Å². The van der Waals surface area contributed by atoms with Crippen LogP contribution in [0.1, 0.15) is 29.8 Å². The number of halogens is 3. The summed E-state index contributed by atoms with van der Waals surface area (Å²) in [6.07, 6.45) is 2.57. The number of rotatable bonds is 4. The summed E-state index contributed by atoms with van der Waals surface area (Å²) in [4.78, 5) is 0. The maximum atomic E-state index is 14.3. The summed E-state index contributed by atoms with van der Waals surface area (Å²) in [7, 11) is 1.82. The number of benzene rings is 1. The van der Waals surface area contributed by atoms with Gasteiger partial charge in [0.2, 0.25) is 0 Å². The Bertz CT molecular complexity index is 629. The van der Waals surface area contributed by atoms with E-state index >= 15 is 0 Å². The van der Waals surface area contributed by atoms with Gasteiger partial charge in [0, 0.05) is 28.8 Å². The number of nitrogens with zero attached hydrogens (tertiary/aromatic N) is 2. The van der Waals surface area contributed by atoms with Gasteiger partial charge in [0.15, 0.2) is 0 Å². The van der Waals surface area contributed by atoms with E-state index in [0.29, 0.717) is 10.0 Å². The van der Waals surface area contributed by atoms with E-state index in [9.17, 15) is 4.39 Å². The van der Waals surface area contributed by atoms with Crippen LogP contribution < -0.4 is 11.3 Å². The van der Waals surface area contributed by atoms with E-state index in [0.717, 1.165) is 17.7 Å². The fourth-order valence-electron chi connectivity index (χ4n) is 2.18. The Hall–Kier alpha value is -0.950. The molecule has 7 heteroatoms. The SMILES string of the molecule is CCc1nn(C)cc1C(NN)c1ccc(Br)c(Cl)c1F. The molecule has 0 bridgehead atoms. The van der Waals surface area contributed by atoms with Crippen LogP contribution in [0.2, 0.25) is 5.02 Å². The molecule has 2 rings (SSSR count). The van der Waals surface area contributed by atoms with Crippen LogP contribution in [0.25, 0.3) is 0 Å². The minimum Gasteiger partial charge on any atom is -0.275 e. The lowest BCUT2D eigenvalue weighted by Crippen LogP contribution is -2.30. The van der Waals surface area contributed by atoms with Crippen molar-refractivity contribution in [3.8, 4) is 0 Å². The molecule has 20 heavy (non-hydrogen) atoms. The minimum absolute atomic E-state index is 0.0460. The van der Waals surface area contributed by atoms with Gasteiger partial charge in [-0.05, 0) is 28.4 Å². The van der Waals surface area contributed by atoms with Crippen LogP contribution >= 0.6 is 27.5 Å². The summed E-state index contributed by atoms with van der Waals surface area (Å²) in [6, 6.07) is 2.86. The molecular weight excluding hydrogens is 347 g/mol. The number of hydrogen-bond acceptors (Lipinski definition) is 3. The zero-order valence-corrected chi connectivity index (χ0v) is 13.5. The quantitative estimate of drug-likeness (QED) is 0.500. The molecule has 3 N–H and O–H groups in total. The molecule has 108 valence electrons. The highest BCUT2D eigenvalue weighted by Gasteiger charge is 2.23. The largest absolute Gasteiger partial charge is 0.275 e. The topological polar surface area (TPSA) is 55.9 Å². The van der Waals surface area contributed by atoms with Crippen LogP contribution in [0.3, 0.4) is 0 Å². The van der Waals surface area contributed by atoms with E-state index in [1.807, 2.05) is 20.2 Å². The molecule has 2 aromatic rings.